The van der Waals surface area contributed by atoms with Crippen molar-refractivity contribution in [3.05, 3.63) is 60.0 Å². The largest absolute Gasteiger partial charge is 0.417 e. The zero-order valence-corrected chi connectivity index (χ0v) is 15.0. The van der Waals surface area contributed by atoms with Crippen LogP contribution in [-0.4, -0.2) is 21.8 Å². The van der Waals surface area contributed by atoms with Crippen LogP contribution in [-0.2, 0) is 11.8 Å². The summed E-state index contributed by atoms with van der Waals surface area (Å²) in [4.78, 5) is 0. The van der Waals surface area contributed by atoms with Crippen LogP contribution < -0.4 is 11.1 Å². The Kier molecular flexibility index (Phi) is 5.39. The van der Waals surface area contributed by atoms with Gasteiger partial charge in [-0.3, -0.25) is 0 Å². The van der Waals surface area contributed by atoms with Gasteiger partial charge in [0, 0.05) is 5.69 Å². The number of hydrogen-bond donors (Lipinski definition) is 3. The van der Waals surface area contributed by atoms with E-state index >= 15 is 0 Å². The van der Waals surface area contributed by atoms with E-state index in [0.717, 1.165) is 12.1 Å². The van der Waals surface area contributed by atoms with Crippen LogP contribution in [0.25, 0.3) is 11.5 Å². The van der Waals surface area contributed by atoms with Crippen molar-refractivity contribution in [2.24, 2.45) is 5.73 Å². The maximum Gasteiger partial charge on any atom is 0.416 e. The maximum absolute atomic E-state index is 12.7. The molecule has 0 fully saturated rings. The number of benzene rings is 2. The Bertz CT molecular complexity index is 937. The molecular formula is C19H19F3N4O2. The summed E-state index contributed by atoms with van der Waals surface area (Å²) in [7, 11) is 0. The molecule has 1 heterocycles. The van der Waals surface area contributed by atoms with Crippen LogP contribution in [0.3, 0.4) is 0 Å². The van der Waals surface area contributed by atoms with E-state index in [1.54, 1.807) is 24.3 Å². The molecule has 0 aliphatic heterocycles. The molecular weight excluding hydrogens is 373 g/mol. The zero-order chi connectivity index (χ0) is 20.4. The lowest BCUT2D eigenvalue weighted by Gasteiger charge is -2.17. The SMILES string of the molecule is CC(O)(CCN)c1nnc(-c2ccccc2Nc2ccc(C(F)(F)F)cc2)o1. The molecule has 0 saturated heterocycles. The highest BCUT2D eigenvalue weighted by atomic mass is 19.4. The first-order valence-electron chi connectivity index (χ1n) is 8.51. The normalized spacial score (nSPS) is 13.9. The Morgan fingerprint density at radius 2 is 1.75 bits per heavy atom. The molecule has 1 unspecified atom stereocenters. The molecule has 0 saturated carbocycles. The van der Waals surface area contributed by atoms with Crippen molar-refractivity contribution in [2.75, 3.05) is 11.9 Å². The molecule has 6 nitrogen and oxygen atoms in total. The Balaban J connectivity index is 1.87. The van der Waals surface area contributed by atoms with E-state index in [9.17, 15) is 18.3 Å². The lowest BCUT2D eigenvalue weighted by Crippen LogP contribution is -2.25. The van der Waals surface area contributed by atoms with Gasteiger partial charge in [0.25, 0.3) is 0 Å². The molecule has 0 bridgehead atoms. The average molecular weight is 392 g/mol. The number of alkyl halides is 3. The van der Waals surface area contributed by atoms with Crippen molar-refractivity contribution >= 4 is 11.4 Å². The molecule has 4 N–H and O–H groups in total. The number of nitrogens with zero attached hydrogens (tertiary/aromatic N) is 2. The topological polar surface area (TPSA) is 97.2 Å². The van der Waals surface area contributed by atoms with Crippen molar-refractivity contribution in [2.45, 2.75) is 25.1 Å². The van der Waals surface area contributed by atoms with Crippen LogP contribution in [0.1, 0.15) is 24.8 Å². The third-order valence-electron chi connectivity index (χ3n) is 4.17. The number of anilines is 2. The van der Waals surface area contributed by atoms with E-state index in [4.69, 9.17) is 10.2 Å². The van der Waals surface area contributed by atoms with Crippen LogP contribution in [0, 0.1) is 0 Å². The van der Waals surface area contributed by atoms with E-state index in [1.165, 1.54) is 19.1 Å². The lowest BCUT2D eigenvalue weighted by molar-refractivity contribution is -0.137. The van der Waals surface area contributed by atoms with Crippen LogP contribution in [0.5, 0.6) is 0 Å². The van der Waals surface area contributed by atoms with Crippen LogP contribution in [0.4, 0.5) is 24.5 Å². The molecule has 0 spiro atoms. The highest BCUT2D eigenvalue weighted by molar-refractivity contribution is 5.76. The third kappa shape index (κ3) is 4.32. The molecule has 2 aromatic carbocycles. The van der Waals surface area contributed by atoms with Gasteiger partial charge in [-0.2, -0.15) is 13.2 Å². The number of aromatic nitrogens is 2. The van der Waals surface area contributed by atoms with Gasteiger partial charge in [-0.25, -0.2) is 0 Å². The number of rotatable bonds is 6. The monoisotopic (exact) mass is 392 g/mol. The first-order chi connectivity index (χ1) is 13.2. The van der Waals surface area contributed by atoms with E-state index < -0.39 is 17.3 Å². The molecule has 1 aromatic heterocycles. The van der Waals surface area contributed by atoms with Crippen molar-refractivity contribution in [3.63, 3.8) is 0 Å². The summed E-state index contributed by atoms with van der Waals surface area (Å²) < 4.78 is 43.7. The van der Waals surface area contributed by atoms with E-state index in [-0.39, 0.29) is 24.7 Å². The Morgan fingerprint density at radius 1 is 1.07 bits per heavy atom. The summed E-state index contributed by atoms with van der Waals surface area (Å²) in [6.07, 6.45) is -4.14. The molecule has 148 valence electrons. The highest BCUT2D eigenvalue weighted by Crippen LogP contribution is 2.33. The molecule has 0 aliphatic carbocycles. The molecule has 0 aliphatic rings. The first-order valence-corrected chi connectivity index (χ1v) is 8.51. The Morgan fingerprint density at radius 3 is 2.39 bits per heavy atom. The second-order valence-electron chi connectivity index (χ2n) is 6.47. The number of halogens is 3. The summed E-state index contributed by atoms with van der Waals surface area (Å²) in [5.74, 6) is 0.208. The fourth-order valence-electron chi connectivity index (χ4n) is 2.61. The van der Waals surface area contributed by atoms with Crippen LogP contribution in [0.2, 0.25) is 0 Å². The predicted octanol–water partition coefficient (Wildman–Crippen LogP) is 4.06. The van der Waals surface area contributed by atoms with Crippen molar-refractivity contribution < 1.29 is 22.7 Å². The quantitative estimate of drug-likeness (QED) is 0.585. The third-order valence-corrected chi connectivity index (χ3v) is 4.17. The number of nitrogens with one attached hydrogen (secondary N) is 1. The first kappa shape index (κ1) is 19.8. The van der Waals surface area contributed by atoms with E-state index in [2.05, 4.69) is 15.5 Å². The van der Waals surface area contributed by atoms with Gasteiger partial charge in [0.1, 0.15) is 5.60 Å². The smallest absolute Gasteiger partial charge is 0.416 e. The van der Waals surface area contributed by atoms with Gasteiger partial charge in [-0.05, 0) is 56.3 Å². The second kappa shape index (κ2) is 7.61. The minimum absolute atomic E-state index is 0.0392. The summed E-state index contributed by atoms with van der Waals surface area (Å²) >= 11 is 0. The molecule has 3 rings (SSSR count). The zero-order valence-electron chi connectivity index (χ0n) is 15.0. The lowest BCUT2D eigenvalue weighted by atomic mass is 10.0. The van der Waals surface area contributed by atoms with Gasteiger partial charge < -0.3 is 20.6 Å². The molecule has 28 heavy (non-hydrogen) atoms. The van der Waals surface area contributed by atoms with E-state index in [1.807, 2.05) is 0 Å². The summed E-state index contributed by atoms with van der Waals surface area (Å²) in [6.45, 7) is 1.78. The number of aliphatic hydroxyl groups is 1. The van der Waals surface area contributed by atoms with Gasteiger partial charge in [-0.1, -0.05) is 12.1 Å². The van der Waals surface area contributed by atoms with E-state index in [0.29, 0.717) is 16.9 Å². The van der Waals surface area contributed by atoms with Crippen molar-refractivity contribution in [3.8, 4) is 11.5 Å². The standard InChI is InChI=1S/C19H19F3N4O2/c1-18(27,10-11-23)17-26-25-16(28-17)14-4-2-3-5-15(14)24-13-8-6-12(7-9-13)19(20,21)22/h2-9,24,27H,10-11,23H2,1H3. The number of hydrogen-bond acceptors (Lipinski definition) is 6. The maximum atomic E-state index is 12.7. The average Bonchev–Trinajstić information content (AvgIpc) is 3.13. The fourth-order valence-corrected chi connectivity index (χ4v) is 2.61. The molecule has 0 radical (unpaired) electrons. The predicted molar refractivity (Wildman–Crippen MR) is 97.7 cm³/mol. The minimum atomic E-state index is -4.39. The second-order valence-corrected chi connectivity index (χ2v) is 6.47. The Hall–Kier alpha value is -2.91. The van der Waals surface area contributed by atoms with Crippen molar-refractivity contribution in [1.29, 1.82) is 0 Å². The summed E-state index contributed by atoms with van der Waals surface area (Å²) in [6, 6.07) is 11.7. The highest BCUT2D eigenvalue weighted by Gasteiger charge is 2.30. The van der Waals surface area contributed by atoms with Crippen molar-refractivity contribution in [1.82, 2.24) is 10.2 Å². The number of para-hydroxylation sites is 1. The van der Waals surface area contributed by atoms with Gasteiger partial charge in [0.15, 0.2) is 0 Å². The van der Waals surface area contributed by atoms with Gasteiger partial charge >= 0.3 is 6.18 Å². The summed E-state index contributed by atoms with van der Waals surface area (Å²) in [5.41, 5.74) is 4.99. The summed E-state index contributed by atoms with van der Waals surface area (Å²) in [5, 5.41) is 21.3. The molecule has 0 amide bonds. The Labute approximate surface area is 159 Å². The fraction of sp³-hybridized carbons (Fsp3) is 0.263. The minimum Gasteiger partial charge on any atom is -0.417 e. The number of nitrogens with two attached hydrogens (primary N) is 1. The molecule has 1 atom stereocenters. The van der Waals surface area contributed by atoms with Crippen LogP contribution >= 0.6 is 0 Å². The van der Waals surface area contributed by atoms with Gasteiger partial charge in [0.05, 0.1) is 16.8 Å². The van der Waals surface area contributed by atoms with Gasteiger partial charge in [-0.15, -0.1) is 10.2 Å². The van der Waals surface area contributed by atoms with Crippen LogP contribution in [0.15, 0.2) is 52.9 Å². The molecule has 9 heteroatoms. The van der Waals surface area contributed by atoms with Gasteiger partial charge in [0.2, 0.25) is 11.8 Å². The molecule has 3 aromatic rings.